The molecule has 0 fully saturated rings. The van der Waals surface area contributed by atoms with Crippen LogP contribution in [0.5, 0.6) is 0 Å². The maximum Gasteiger partial charge on any atom is 0.380 e. The molecular formula is C18H16O5. The van der Waals surface area contributed by atoms with Gasteiger partial charge in [0.15, 0.2) is 0 Å². The van der Waals surface area contributed by atoms with Gasteiger partial charge in [-0.05, 0) is 17.2 Å². The van der Waals surface area contributed by atoms with E-state index in [1.165, 1.54) is 19.2 Å². The number of ether oxygens (including phenoxy) is 2. The molecule has 0 spiro atoms. The minimum absolute atomic E-state index is 0.0350. The van der Waals surface area contributed by atoms with Crippen molar-refractivity contribution in [3.05, 3.63) is 71.3 Å². The number of hydrogen-bond acceptors (Lipinski definition) is 5. The molecule has 0 N–H and O–H groups in total. The number of ketones is 1. The van der Waals surface area contributed by atoms with E-state index in [0.29, 0.717) is 5.56 Å². The van der Waals surface area contributed by atoms with Crippen LogP contribution in [0.2, 0.25) is 0 Å². The van der Waals surface area contributed by atoms with E-state index in [1.54, 1.807) is 24.3 Å². The summed E-state index contributed by atoms with van der Waals surface area (Å²) in [4.78, 5) is 35.2. The standard InChI is InChI=1S/C18H16O5/c1-22-16(19)11-14-8-5-9-15(10-14)17(20)18(21)23-12-13-6-3-2-4-7-13/h2-10H,11-12H2,1H3. The van der Waals surface area contributed by atoms with E-state index >= 15 is 0 Å². The third-order valence-electron chi connectivity index (χ3n) is 3.16. The minimum Gasteiger partial charge on any atom is -0.469 e. The molecule has 0 aliphatic carbocycles. The van der Waals surface area contributed by atoms with E-state index in [1.807, 2.05) is 18.2 Å². The summed E-state index contributed by atoms with van der Waals surface area (Å²) >= 11 is 0. The van der Waals surface area contributed by atoms with E-state index in [9.17, 15) is 14.4 Å². The second-order valence-electron chi connectivity index (χ2n) is 4.84. The Morgan fingerprint density at radius 2 is 1.61 bits per heavy atom. The van der Waals surface area contributed by atoms with Crippen LogP contribution in [-0.2, 0) is 32.1 Å². The van der Waals surface area contributed by atoms with Gasteiger partial charge in [-0.3, -0.25) is 9.59 Å². The summed E-state index contributed by atoms with van der Waals surface area (Å²) in [5, 5.41) is 0. The molecular weight excluding hydrogens is 296 g/mol. The van der Waals surface area contributed by atoms with E-state index in [-0.39, 0.29) is 18.6 Å². The highest BCUT2D eigenvalue weighted by atomic mass is 16.5. The lowest BCUT2D eigenvalue weighted by Gasteiger charge is -2.06. The van der Waals surface area contributed by atoms with E-state index < -0.39 is 17.7 Å². The first-order chi connectivity index (χ1) is 11.1. The minimum atomic E-state index is -0.927. The van der Waals surface area contributed by atoms with Crippen LogP contribution in [0.1, 0.15) is 21.5 Å². The summed E-state index contributed by atoms with van der Waals surface area (Å²) in [5.74, 6) is -2.09. The van der Waals surface area contributed by atoms with Crippen LogP contribution in [0.3, 0.4) is 0 Å². The molecule has 0 aliphatic rings. The average Bonchev–Trinajstić information content (AvgIpc) is 2.60. The van der Waals surface area contributed by atoms with Crippen molar-refractivity contribution < 1.29 is 23.9 Å². The van der Waals surface area contributed by atoms with Crippen LogP contribution in [-0.4, -0.2) is 24.8 Å². The first kappa shape index (κ1) is 16.4. The Balaban J connectivity index is 2.00. The molecule has 0 unspecified atom stereocenters. The maximum absolute atomic E-state index is 12.1. The summed E-state index contributed by atoms with van der Waals surface area (Å²) in [6, 6.07) is 15.4. The molecule has 2 aromatic carbocycles. The SMILES string of the molecule is COC(=O)Cc1cccc(C(=O)C(=O)OCc2ccccc2)c1. The first-order valence-electron chi connectivity index (χ1n) is 7.01. The van der Waals surface area contributed by atoms with Gasteiger partial charge >= 0.3 is 11.9 Å². The van der Waals surface area contributed by atoms with Crippen molar-refractivity contribution in [2.75, 3.05) is 7.11 Å². The van der Waals surface area contributed by atoms with E-state index in [4.69, 9.17) is 4.74 Å². The van der Waals surface area contributed by atoms with Crippen LogP contribution < -0.4 is 0 Å². The van der Waals surface area contributed by atoms with Gasteiger partial charge in [0.25, 0.3) is 5.78 Å². The van der Waals surface area contributed by atoms with Crippen LogP contribution in [0, 0.1) is 0 Å². The molecule has 0 saturated carbocycles. The molecule has 0 radical (unpaired) electrons. The maximum atomic E-state index is 12.1. The fourth-order valence-electron chi connectivity index (χ4n) is 1.97. The average molecular weight is 312 g/mol. The summed E-state index contributed by atoms with van der Waals surface area (Å²) in [5.41, 5.74) is 1.58. The summed E-state index contributed by atoms with van der Waals surface area (Å²) in [6.07, 6.45) is 0.0384. The zero-order valence-electron chi connectivity index (χ0n) is 12.7. The second kappa shape index (κ2) is 7.89. The highest BCUT2D eigenvalue weighted by Gasteiger charge is 2.18. The van der Waals surface area contributed by atoms with Gasteiger partial charge in [0.1, 0.15) is 6.61 Å². The largest absolute Gasteiger partial charge is 0.469 e. The Hall–Kier alpha value is -2.95. The van der Waals surface area contributed by atoms with Crippen molar-refractivity contribution in [3.8, 4) is 0 Å². The van der Waals surface area contributed by atoms with Crippen molar-refractivity contribution in [1.29, 1.82) is 0 Å². The molecule has 23 heavy (non-hydrogen) atoms. The lowest BCUT2D eigenvalue weighted by atomic mass is 10.1. The Kier molecular flexibility index (Phi) is 5.63. The quantitative estimate of drug-likeness (QED) is 0.465. The number of hydrogen-bond donors (Lipinski definition) is 0. The fraction of sp³-hybridized carbons (Fsp3) is 0.167. The normalized spacial score (nSPS) is 9.96. The predicted octanol–water partition coefficient (Wildman–Crippen LogP) is 2.33. The first-order valence-corrected chi connectivity index (χ1v) is 7.01. The second-order valence-corrected chi connectivity index (χ2v) is 4.84. The van der Waals surface area contributed by atoms with Crippen molar-refractivity contribution in [3.63, 3.8) is 0 Å². The summed E-state index contributed by atoms with van der Waals surface area (Å²) in [7, 11) is 1.29. The molecule has 0 aliphatic heterocycles. The number of Topliss-reactive ketones (excluding diaryl/α,β-unsaturated/α-hetero) is 1. The molecule has 0 amide bonds. The Bertz CT molecular complexity index is 706. The monoisotopic (exact) mass is 312 g/mol. The van der Waals surface area contributed by atoms with Crippen LogP contribution in [0.4, 0.5) is 0 Å². The van der Waals surface area contributed by atoms with Gasteiger partial charge in [0.05, 0.1) is 13.5 Å². The number of esters is 2. The van der Waals surface area contributed by atoms with Gasteiger partial charge in [-0.2, -0.15) is 0 Å². The zero-order chi connectivity index (χ0) is 16.7. The molecule has 0 saturated heterocycles. The van der Waals surface area contributed by atoms with Gasteiger partial charge in [-0.1, -0.05) is 48.5 Å². The molecule has 2 rings (SSSR count). The van der Waals surface area contributed by atoms with Crippen molar-refractivity contribution in [2.24, 2.45) is 0 Å². The van der Waals surface area contributed by atoms with Crippen molar-refractivity contribution in [2.45, 2.75) is 13.0 Å². The Labute approximate surface area is 133 Å². The molecule has 118 valence electrons. The molecule has 2 aromatic rings. The fourth-order valence-corrected chi connectivity index (χ4v) is 1.97. The van der Waals surface area contributed by atoms with Gasteiger partial charge < -0.3 is 9.47 Å². The van der Waals surface area contributed by atoms with Crippen molar-refractivity contribution in [1.82, 2.24) is 0 Å². The molecule has 0 aromatic heterocycles. The molecule has 0 atom stereocenters. The van der Waals surface area contributed by atoms with Gasteiger partial charge in [0, 0.05) is 5.56 Å². The summed E-state index contributed by atoms with van der Waals surface area (Å²) in [6.45, 7) is 0.0350. The van der Waals surface area contributed by atoms with Crippen LogP contribution in [0.25, 0.3) is 0 Å². The van der Waals surface area contributed by atoms with E-state index in [0.717, 1.165) is 5.56 Å². The highest BCUT2D eigenvalue weighted by Crippen LogP contribution is 2.09. The molecule has 5 nitrogen and oxygen atoms in total. The lowest BCUT2D eigenvalue weighted by Crippen LogP contribution is -2.18. The third kappa shape index (κ3) is 4.78. The number of rotatable bonds is 6. The summed E-state index contributed by atoms with van der Waals surface area (Å²) < 4.78 is 9.58. The highest BCUT2D eigenvalue weighted by molar-refractivity contribution is 6.40. The van der Waals surface area contributed by atoms with Crippen molar-refractivity contribution >= 4 is 17.7 Å². The number of methoxy groups -OCH3 is 1. The van der Waals surface area contributed by atoms with Crippen LogP contribution >= 0.6 is 0 Å². The molecule has 0 heterocycles. The zero-order valence-corrected chi connectivity index (χ0v) is 12.7. The molecule has 5 heteroatoms. The van der Waals surface area contributed by atoms with Gasteiger partial charge in [0.2, 0.25) is 0 Å². The topological polar surface area (TPSA) is 69.7 Å². The lowest BCUT2D eigenvalue weighted by molar-refractivity contribution is -0.140. The van der Waals surface area contributed by atoms with E-state index in [2.05, 4.69) is 4.74 Å². The molecule has 0 bridgehead atoms. The van der Waals surface area contributed by atoms with Crippen LogP contribution in [0.15, 0.2) is 54.6 Å². The Morgan fingerprint density at radius 1 is 0.913 bits per heavy atom. The van der Waals surface area contributed by atoms with Gasteiger partial charge in [-0.15, -0.1) is 0 Å². The smallest absolute Gasteiger partial charge is 0.380 e. The third-order valence-corrected chi connectivity index (χ3v) is 3.16. The Morgan fingerprint density at radius 3 is 2.30 bits per heavy atom. The number of carbonyl (C=O) groups excluding carboxylic acids is 3. The number of carbonyl (C=O) groups is 3. The predicted molar refractivity (Wildman–Crippen MR) is 82.7 cm³/mol. The number of benzene rings is 2. The van der Waals surface area contributed by atoms with Gasteiger partial charge in [-0.25, -0.2) is 4.79 Å².